The van der Waals surface area contributed by atoms with Gasteiger partial charge in [0.1, 0.15) is 0 Å². The number of rotatable bonds is 3. The summed E-state index contributed by atoms with van der Waals surface area (Å²) < 4.78 is 0. The SMILES string of the molecule is CCNC(=O)CN1C[C@H]2CNC[C@H]2C1. The molecule has 2 saturated heterocycles. The van der Waals surface area contributed by atoms with Crippen molar-refractivity contribution in [2.45, 2.75) is 6.92 Å². The number of carbonyl (C=O) groups is 1. The average molecular weight is 197 g/mol. The fraction of sp³-hybridized carbons (Fsp3) is 0.900. The topological polar surface area (TPSA) is 44.4 Å². The smallest absolute Gasteiger partial charge is 0.234 e. The molecule has 0 spiro atoms. The monoisotopic (exact) mass is 197 g/mol. The number of carbonyl (C=O) groups excluding carboxylic acids is 1. The number of amides is 1. The van der Waals surface area contributed by atoms with E-state index in [1.165, 1.54) is 0 Å². The predicted molar refractivity (Wildman–Crippen MR) is 55.0 cm³/mol. The van der Waals surface area contributed by atoms with Crippen LogP contribution < -0.4 is 10.6 Å². The minimum atomic E-state index is 0.167. The lowest BCUT2D eigenvalue weighted by Gasteiger charge is -2.15. The van der Waals surface area contributed by atoms with Crippen LogP contribution in [0.25, 0.3) is 0 Å². The van der Waals surface area contributed by atoms with Gasteiger partial charge in [0.2, 0.25) is 5.91 Å². The van der Waals surface area contributed by atoms with Gasteiger partial charge in [0.05, 0.1) is 6.54 Å². The second-order valence-electron chi connectivity index (χ2n) is 4.33. The highest BCUT2D eigenvalue weighted by Crippen LogP contribution is 2.25. The summed E-state index contributed by atoms with van der Waals surface area (Å²) in [5, 5.41) is 6.24. The van der Waals surface area contributed by atoms with Crippen LogP contribution in [0.2, 0.25) is 0 Å². The van der Waals surface area contributed by atoms with E-state index >= 15 is 0 Å². The van der Waals surface area contributed by atoms with Crippen molar-refractivity contribution in [2.24, 2.45) is 11.8 Å². The van der Waals surface area contributed by atoms with E-state index in [0.717, 1.165) is 44.6 Å². The molecule has 0 unspecified atom stereocenters. The lowest BCUT2D eigenvalue weighted by atomic mass is 10.0. The number of likely N-dealkylation sites (tertiary alicyclic amines) is 1. The van der Waals surface area contributed by atoms with Crippen LogP contribution in [-0.4, -0.2) is 50.1 Å². The maximum absolute atomic E-state index is 11.4. The number of nitrogens with one attached hydrogen (secondary N) is 2. The van der Waals surface area contributed by atoms with E-state index in [-0.39, 0.29) is 5.91 Å². The number of fused-ring (bicyclic) bond motifs is 1. The first-order valence-electron chi connectivity index (χ1n) is 5.49. The summed E-state index contributed by atoms with van der Waals surface area (Å²) in [7, 11) is 0. The number of hydrogen-bond acceptors (Lipinski definition) is 3. The minimum absolute atomic E-state index is 0.167. The molecule has 2 aliphatic heterocycles. The third-order valence-corrected chi connectivity index (χ3v) is 3.21. The van der Waals surface area contributed by atoms with Crippen LogP contribution in [0.1, 0.15) is 6.92 Å². The van der Waals surface area contributed by atoms with E-state index in [0.29, 0.717) is 6.54 Å². The Morgan fingerprint density at radius 2 is 2.07 bits per heavy atom. The zero-order valence-electron chi connectivity index (χ0n) is 8.75. The molecule has 2 heterocycles. The molecular weight excluding hydrogens is 178 g/mol. The first-order valence-corrected chi connectivity index (χ1v) is 5.49. The second-order valence-corrected chi connectivity index (χ2v) is 4.33. The fourth-order valence-corrected chi connectivity index (χ4v) is 2.54. The lowest BCUT2D eigenvalue weighted by Crippen LogP contribution is -2.37. The van der Waals surface area contributed by atoms with Gasteiger partial charge in [-0.15, -0.1) is 0 Å². The Morgan fingerprint density at radius 3 is 2.64 bits per heavy atom. The predicted octanol–water partition coefficient (Wildman–Crippen LogP) is -0.726. The van der Waals surface area contributed by atoms with Crippen LogP contribution in [0, 0.1) is 11.8 Å². The first kappa shape index (κ1) is 9.93. The highest BCUT2D eigenvalue weighted by Gasteiger charge is 2.36. The molecule has 2 rings (SSSR count). The summed E-state index contributed by atoms with van der Waals surface area (Å²) in [4.78, 5) is 13.6. The molecule has 2 N–H and O–H groups in total. The standard InChI is InChI=1S/C10H19N3O/c1-2-12-10(14)7-13-5-8-3-11-4-9(8)6-13/h8-9,11H,2-7H2,1H3,(H,12,14)/t8-,9+. The van der Waals surface area contributed by atoms with Crippen molar-refractivity contribution < 1.29 is 4.79 Å². The maximum atomic E-state index is 11.4. The summed E-state index contributed by atoms with van der Waals surface area (Å²) in [6.07, 6.45) is 0. The molecule has 2 atom stereocenters. The molecule has 4 heteroatoms. The van der Waals surface area contributed by atoms with Gasteiger partial charge in [0, 0.05) is 19.6 Å². The van der Waals surface area contributed by atoms with E-state index in [4.69, 9.17) is 0 Å². The highest BCUT2D eigenvalue weighted by atomic mass is 16.2. The summed E-state index contributed by atoms with van der Waals surface area (Å²) in [5.74, 6) is 1.73. The Hall–Kier alpha value is -0.610. The third kappa shape index (κ3) is 2.07. The lowest BCUT2D eigenvalue weighted by molar-refractivity contribution is -0.121. The van der Waals surface area contributed by atoms with Gasteiger partial charge < -0.3 is 10.6 Å². The number of hydrogen-bond donors (Lipinski definition) is 2. The van der Waals surface area contributed by atoms with Crippen molar-refractivity contribution in [2.75, 3.05) is 39.3 Å². The summed E-state index contributed by atoms with van der Waals surface area (Å²) >= 11 is 0. The third-order valence-electron chi connectivity index (χ3n) is 3.21. The van der Waals surface area contributed by atoms with Crippen LogP contribution >= 0.6 is 0 Å². The fourth-order valence-electron chi connectivity index (χ4n) is 2.54. The Bertz CT molecular complexity index is 207. The van der Waals surface area contributed by atoms with Gasteiger partial charge in [-0.2, -0.15) is 0 Å². The minimum Gasteiger partial charge on any atom is -0.355 e. The molecule has 1 amide bonds. The second kappa shape index (κ2) is 4.28. The van der Waals surface area contributed by atoms with E-state index in [9.17, 15) is 4.79 Å². The molecule has 0 bridgehead atoms. The Labute approximate surface area is 85.0 Å². The van der Waals surface area contributed by atoms with Gasteiger partial charge in [-0.05, 0) is 31.8 Å². The van der Waals surface area contributed by atoms with E-state index < -0.39 is 0 Å². The van der Waals surface area contributed by atoms with E-state index in [1.54, 1.807) is 0 Å². The van der Waals surface area contributed by atoms with Gasteiger partial charge >= 0.3 is 0 Å². The maximum Gasteiger partial charge on any atom is 0.234 e. The number of nitrogens with zero attached hydrogens (tertiary/aromatic N) is 1. The van der Waals surface area contributed by atoms with E-state index in [2.05, 4.69) is 15.5 Å². The van der Waals surface area contributed by atoms with Gasteiger partial charge in [-0.25, -0.2) is 0 Å². The molecule has 14 heavy (non-hydrogen) atoms. The zero-order chi connectivity index (χ0) is 9.97. The van der Waals surface area contributed by atoms with Gasteiger partial charge in [-0.3, -0.25) is 9.69 Å². The Morgan fingerprint density at radius 1 is 1.43 bits per heavy atom. The van der Waals surface area contributed by atoms with Crippen molar-refractivity contribution in [1.82, 2.24) is 15.5 Å². The molecule has 80 valence electrons. The molecule has 2 aliphatic rings. The molecule has 2 fully saturated rings. The van der Waals surface area contributed by atoms with Crippen LogP contribution in [-0.2, 0) is 4.79 Å². The van der Waals surface area contributed by atoms with Crippen molar-refractivity contribution in [3.8, 4) is 0 Å². The first-order chi connectivity index (χ1) is 6.79. The Balaban J connectivity index is 1.76. The molecule has 0 aromatic heterocycles. The van der Waals surface area contributed by atoms with Crippen LogP contribution in [0.3, 0.4) is 0 Å². The zero-order valence-corrected chi connectivity index (χ0v) is 8.75. The van der Waals surface area contributed by atoms with Crippen LogP contribution in [0.4, 0.5) is 0 Å². The quantitative estimate of drug-likeness (QED) is 0.627. The highest BCUT2D eigenvalue weighted by molar-refractivity contribution is 5.77. The molecule has 0 radical (unpaired) electrons. The Kier molecular flexibility index (Phi) is 3.03. The summed E-state index contributed by atoms with van der Waals surface area (Å²) in [6, 6.07) is 0. The molecule has 0 aromatic rings. The molecule has 0 aromatic carbocycles. The molecule has 0 aliphatic carbocycles. The molecule has 4 nitrogen and oxygen atoms in total. The van der Waals surface area contributed by atoms with Gasteiger partial charge in [-0.1, -0.05) is 0 Å². The van der Waals surface area contributed by atoms with Crippen molar-refractivity contribution in [1.29, 1.82) is 0 Å². The summed E-state index contributed by atoms with van der Waals surface area (Å²) in [5.41, 5.74) is 0. The van der Waals surface area contributed by atoms with Gasteiger partial charge in [0.25, 0.3) is 0 Å². The van der Waals surface area contributed by atoms with Crippen molar-refractivity contribution >= 4 is 5.91 Å². The average Bonchev–Trinajstić information content (AvgIpc) is 2.63. The van der Waals surface area contributed by atoms with Gasteiger partial charge in [0.15, 0.2) is 0 Å². The van der Waals surface area contributed by atoms with Crippen LogP contribution in [0.5, 0.6) is 0 Å². The normalized spacial score (nSPS) is 31.8. The van der Waals surface area contributed by atoms with Crippen molar-refractivity contribution in [3.05, 3.63) is 0 Å². The molecular formula is C10H19N3O. The largest absolute Gasteiger partial charge is 0.355 e. The van der Waals surface area contributed by atoms with Crippen LogP contribution in [0.15, 0.2) is 0 Å². The number of likely N-dealkylation sites (N-methyl/N-ethyl adjacent to an activating group) is 1. The summed E-state index contributed by atoms with van der Waals surface area (Å²) in [6.45, 7) is 7.74. The molecule has 0 saturated carbocycles. The van der Waals surface area contributed by atoms with E-state index in [1.807, 2.05) is 6.92 Å². The van der Waals surface area contributed by atoms with Crippen molar-refractivity contribution in [3.63, 3.8) is 0 Å².